The molecule has 0 atom stereocenters. The van der Waals surface area contributed by atoms with E-state index in [1.54, 1.807) is 32.0 Å². The Morgan fingerprint density at radius 1 is 1.12 bits per heavy atom. The van der Waals surface area contributed by atoms with E-state index in [2.05, 4.69) is 38.0 Å². The predicted molar refractivity (Wildman–Crippen MR) is 161 cm³/mol. The van der Waals surface area contributed by atoms with Crippen LogP contribution in [0.3, 0.4) is 0 Å². The zero-order chi connectivity index (χ0) is 29.9. The largest absolute Gasteiger partial charge is 0.619 e. The monoisotopic (exact) mass is 621 g/mol. The number of hydrogen-bond acceptors (Lipinski definition) is 7. The SMILES string of the molecule is CC(C)(C#Cc1ccc(NC(=O)CSc2nnnn2-c2ccc(C3CC3)cc2Cl)c(Cl)c1)NC(=O)c1cc[n+]([O-])cc1. The number of hydrogen-bond donors (Lipinski definition) is 2. The molecule has 0 unspecified atom stereocenters. The first-order valence-corrected chi connectivity index (χ1v) is 14.7. The highest BCUT2D eigenvalue weighted by Gasteiger charge is 2.25. The van der Waals surface area contributed by atoms with Gasteiger partial charge in [0, 0.05) is 17.7 Å². The van der Waals surface area contributed by atoms with Gasteiger partial charge in [-0.15, -0.1) is 5.10 Å². The summed E-state index contributed by atoms with van der Waals surface area (Å²) in [4.78, 5) is 25.2. The molecule has 2 N–H and O–H groups in total. The smallest absolute Gasteiger partial charge is 0.252 e. The van der Waals surface area contributed by atoms with Gasteiger partial charge < -0.3 is 15.8 Å². The molecule has 0 bridgehead atoms. The van der Waals surface area contributed by atoms with Crippen LogP contribution in [0.5, 0.6) is 0 Å². The van der Waals surface area contributed by atoms with Crippen LogP contribution in [0.4, 0.5) is 5.69 Å². The van der Waals surface area contributed by atoms with Crippen molar-refractivity contribution in [2.24, 2.45) is 0 Å². The molecule has 2 aromatic heterocycles. The highest BCUT2D eigenvalue weighted by atomic mass is 35.5. The maximum absolute atomic E-state index is 12.7. The molecule has 2 aromatic carbocycles. The van der Waals surface area contributed by atoms with Crippen molar-refractivity contribution in [2.75, 3.05) is 11.1 Å². The minimum Gasteiger partial charge on any atom is -0.619 e. The molecule has 1 saturated carbocycles. The molecular formula is C29H25Cl2N7O3S. The normalized spacial score (nSPS) is 12.8. The topological polar surface area (TPSA) is 129 Å². The van der Waals surface area contributed by atoms with Crippen LogP contribution in [0, 0.1) is 17.0 Å². The summed E-state index contributed by atoms with van der Waals surface area (Å²) in [6.07, 6.45) is 4.86. The lowest BCUT2D eigenvalue weighted by Gasteiger charge is -2.19. The number of nitrogens with one attached hydrogen (secondary N) is 2. The molecule has 4 aromatic rings. The molecule has 0 saturated heterocycles. The lowest BCUT2D eigenvalue weighted by atomic mass is 10.0. The van der Waals surface area contributed by atoms with E-state index in [1.807, 2.05) is 18.2 Å². The van der Waals surface area contributed by atoms with E-state index in [-0.39, 0.29) is 17.6 Å². The first-order valence-electron chi connectivity index (χ1n) is 12.9. The van der Waals surface area contributed by atoms with Gasteiger partial charge >= 0.3 is 0 Å². The summed E-state index contributed by atoms with van der Waals surface area (Å²) in [5, 5.41) is 29.9. The highest BCUT2D eigenvalue weighted by Crippen LogP contribution is 2.41. The Labute approximate surface area is 256 Å². The number of rotatable bonds is 8. The van der Waals surface area contributed by atoms with Crippen LogP contribution < -0.4 is 15.4 Å². The molecule has 214 valence electrons. The molecule has 1 aliphatic rings. The molecule has 10 nitrogen and oxygen atoms in total. The minimum atomic E-state index is -0.865. The van der Waals surface area contributed by atoms with Crippen LogP contribution in [0.2, 0.25) is 10.0 Å². The van der Waals surface area contributed by atoms with Gasteiger partial charge in [0.2, 0.25) is 11.1 Å². The number of thioether (sulfide) groups is 1. The van der Waals surface area contributed by atoms with Crippen LogP contribution in [-0.4, -0.2) is 43.3 Å². The number of carbonyl (C=O) groups is 2. The molecular weight excluding hydrogens is 597 g/mol. The second-order valence-corrected chi connectivity index (χ2v) is 11.9. The maximum Gasteiger partial charge on any atom is 0.252 e. The number of benzene rings is 2. The third-order valence-corrected chi connectivity index (χ3v) is 7.81. The van der Waals surface area contributed by atoms with Gasteiger partial charge in [0.05, 0.1) is 38.3 Å². The summed E-state index contributed by atoms with van der Waals surface area (Å²) in [6, 6.07) is 13.7. The van der Waals surface area contributed by atoms with Crippen LogP contribution in [0.25, 0.3) is 5.69 Å². The Morgan fingerprint density at radius 2 is 1.88 bits per heavy atom. The van der Waals surface area contributed by atoms with Crippen molar-refractivity contribution >= 4 is 52.5 Å². The van der Waals surface area contributed by atoms with Gasteiger partial charge in [-0.3, -0.25) is 9.59 Å². The molecule has 42 heavy (non-hydrogen) atoms. The number of aromatic nitrogens is 5. The molecule has 5 rings (SSSR count). The quantitative estimate of drug-likeness (QED) is 0.125. The van der Waals surface area contributed by atoms with E-state index in [1.165, 1.54) is 59.4 Å². The summed E-state index contributed by atoms with van der Waals surface area (Å²) in [7, 11) is 0. The first kappa shape index (κ1) is 29.4. The Morgan fingerprint density at radius 3 is 2.57 bits per heavy atom. The lowest BCUT2D eigenvalue weighted by molar-refractivity contribution is -0.605. The summed E-state index contributed by atoms with van der Waals surface area (Å²) in [5.74, 6) is 5.98. The number of nitrogens with zero attached hydrogens (tertiary/aromatic N) is 5. The Balaban J connectivity index is 1.17. The Kier molecular flexibility index (Phi) is 8.68. The Bertz CT molecular complexity index is 1710. The number of amides is 2. The van der Waals surface area contributed by atoms with Crippen LogP contribution >= 0.6 is 35.0 Å². The van der Waals surface area contributed by atoms with E-state index in [0.717, 1.165) is 0 Å². The van der Waals surface area contributed by atoms with E-state index in [9.17, 15) is 14.8 Å². The van der Waals surface area contributed by atoms with E-state index < -0.39 is 5.54 Å². The molecule has 2 amide bonds. The zero-order valence-electron chi connectivity index (χ0n) is 22.6. The average Bonchev–Trinajstić information content (AvgIpc) is 3.70. The molecule has 2 heterocycles. The second kappa shape index (κ2) is 12.4. The van der Waals surface area contributed by atoms with Gasteiger partial charge in [-0.25, -0.2) is 0 Å². The summed E-state index contributed by atoms with van der Waals surface area (Å²) >= 11 is 14.1. The van der Waals surface area contributed by atoms with Gasteiger partial charge in [0.15, 0.2) is 12.4 Å². The molecule has 0 spiro atoms. The van der Waals surface area contributed by atoms with Crippen LogP contribution in [0.1, 0.15) is 54.1 Å². The second-order valence-electron chi connectivity index (χ2n) is 10.2. The fourth-order valence-corrected chi connectivity index (χ4v) is 5.16. The minimum absolute atomic E-state index is 0.0418. The van der Waals surface area contributed by atoms with Crippen LogP contribution in [-0.2, 0) is 4.79 Å². The number of tetrazole rings is 1. The van der Waals surface area contributed by atoms with E-state index >= 15 is 0 Å². The number of pyridine rings is 1. The van der Waals surface area contributed by atoms with Gasteiger partial charge in [0.25, 0.3) is 5.91 Å². The van der Waals surface area contributed by atoms with E-state index in [0.29, 0.717) is 48.4 Å². The summed E-state index contributed by atoms with van der Waals surface area (Å²) < 4.78 is 2.12. The Hall–Kier alpha value is -4.11. The number of anilines is 1. The molecule has 0 aliphatic heterocycles. The van der Waals surface area contributed by atoms with Gasteiger partial charge in [-0.05, 0) is 78.9 Å². The van der Waals surface area contributed by atoms with Gasteiger partial charge in [-0.1, -0.05) is 52.9 Å². The molecule has 13 heteroatoms. The van der Waals surface area contributed by atoms with Crippen molar-refractivity contribution in [3.05, 3.63) is 92.9 Å². The average molecular weight is 623 g/mol. The van der Waals surface area contributed by atoms with E-state index in [4.69, 9.17) is 23.2 Å². The van der Waals surface area contributed by atoms with Gasteiger partial charge in [-0.2, -0.15) is 9.41 Å². The van der Waals surface area contributed by atoms with Crippen molar-refractivity contribution in [1.29, 1.82) is 0 Å². The zero-order valence-corrected chi connectivity index (χ0v) is 24.9. The summed E-state index contributed by atoms with van der Waals surface area (Å²) in [6.45, 7) is 3.52. The third kappa shape index (κ3) is 7.39. The standard InChI is InChI=1S/C29H25Cl2N7O3S/c1-29(2,33-27(40)20-10-13-37(41)14-11-20)12-9-18-3-7-24(22(30)15-18)32-26(39)17-42-28-34-35-36-38(28)25-8-6-21(16-23(25)31)19-4-5-19/h3,6-8,10-11,13-16,19H,4-5,17H2,1-2H3,(H,32,39)(H,33,40). The van der Waals surface area contributed by atoms with Crippen molar-refractivity contribution in [2.45, 2.75) is 43.3 Å². The molecule has 1 fully saturated rings. The van der Waals surface area contributed by atoms with Crippen molar-refractivity contribution in [3.8, 4) is 17.5 Å². The lowest BCUT2D eigenvalue weighted by Crippen LogP contribution is -2.42. The van der Waals surface area contributed by atoms with Crippen molar-refractivity contribution in [1.82, 2.24) is 25.5 Å². The number of halogens is 2. The van der Waals surface area contributed by atoms with Gasteiger partial charge in [0.1, 0.15) is 0 Å². The summed E-state index contributed by atoms with van der Waals surface area (Å²) in [5.41, 5.74) is 2.37. The van der Waals surface area contributed by atoms with Crippen LogP contribution in [0.15, 0.2) is 66.1 Å². The highest BCUT2D eigenvalue weighted by molar-refractivity contribution is 7.99. The van der Waals surface area contributed by atoms with Crippen molar-refractivity contribution < 1.29 is 14.3 Å². The third-order valence-electron chi connectivity index (χ3n) is 6.27. The fraction of sp³-hybridized carbons (Fsp3) is 0.241. The number of carbonyl (C=O) groups excluding carboxylic acids is 2. The fourth-order valence-electron chi connectivity index (χ4n) is 3.98. The van der Waals surface area contributed by atoms with Crippen molar-refractivity contribution in [3.63, 3.8) is 0 Å². The maximum atomic E-state index is 12.7. The first-order chi connectivity index (χ1) is 20.1. The molecule has 0 radical (unpaired) electrons. The molecule has 1 aliphatic carbocycles. The predicted octanol–water partition coefficient (Wildman–Crippen LogP) is 4.77.